The van der Waals surface area contributed by atoms with Crippen molar-refractivity contribution in [3.8, 4) is 0 Å². The summed E-state index contributed by atoms with van der Waals surface area (Å²) in [6.45, 7) is 3.65. The molecule has 0 aliphatic rings. The molecule has 0 fully saturated rings. The number of hydrogen-bond donors (Lipinski definition) is 0. The van der Waals surface area contributed by atoms with Crippen molar-refractivity contribution in [3.63, 3.8) is 0 Å². The van der Waals surface area contributed by atoms with E-state index < -0.39 is 9.05 Å². The van der Waals surface area contributed by atoms with Crippen LogP contribution in [0.25, 0.3) is 0 Å². The first-order valence-corrected chi connectivity index (χ1v) is 4.90. The molecule has 0 aromatic heterocycles. The molecule has 0 saturated heterocycles. The van der Waals surface area contributed by atoms with Gasteiger partial charge in [0, 0.05) is 6.92 Å². The molecule has 0 bridgehead atoms. The second kappa shape index (κ2) is 13.8. The largest absolute Gasteiger partial charge is 1.00 e. The molecule has 0 spiro atoms. The molecule has 0 aromatic rings. The Morgan fingerprint density at radius 1 is 1.46 bits per heavy atom. The molecule has 68 valence electrons. The normalized spacial score (nSPS) is 8.00. The third-order valence-electron chi connectivity index (χ3n) is 0.348. The second-order valence-corrected chi connectivity index (χ2v) is 3.37. The minimum absolute atomic E-state index is 0. The number of ether oxygens (including phenoxy) is 1. The number of rotatable bonds is 1. The van der Waals surface area contributed by atoms with Crippen LogP contribution in [0.15, 0.2) is 0 Å². The summed E-state index contributed by atoms with van der Waals surface area (Å²) in [5.41, 5.74) is 0. The molecule has 0 N–H and O–H groups in total. The molecule has 0 aromatic carbocycles. The minimum Gasteiger partial charge on any atom is -0.780 e. The third kappa shape index (κ3) is 84.0. The van der Waals surface area contributed by atoms with Crippen LogP contribution in [0.2, 0.25) is 0 Å². The van der Waals surface area contributed by atoms with Gasteiger partial charge in [0.05, 0.1) is 6.61 Å². The predicted molar refractivity (Wildman–Crippen MR) is 39.4 cm³/mol. The van der Waals surface area contributed by atoms with E-state index in [9.17, 15) is 4.79 Å². The fourth-order valence-electron chi connectivity index (χ4n) is 0.203. The van der Waals surface area contributed by atoms with Crippen molar-refractivity contribution in [1.29, 1.82) is 0 Å². The molecule has 0 atom stereocenters. The van der Waals surface area contributed by atoms with Gasteiger partial charge in [-0.2, -0.15) is 0 Å². The van der Waals surface area contributed by atoms with Crippen molar-refractivity contribution in [2.75, 3.05) is 6.61 Å². The monoisotopic (exact) mass is 246 g/mol. The van der Waals surface area contributed by atoms with Gasteiger partial charge in [-0.1, -0.05) is 0 Å². The first-order valence-electron chi connectivity index (χ1n) is 2.57. The van der Waals surface area contributed by atoms with Gasteiger partial charge in [-0.3, -0.25) is 9.00 Å². The van der Waals surface area contributed by atoms with Crippen molar-refractivity contribution in [2.45, 2.75) is 13.8 Å². The van der Waals surface area contributed by atoms with Crippen LogP contribution in [0, 0.1) is 0 Å². The summed E-state index contributed by atoms with van der Waals surface area (Å²) < 4.78 is 31.1. The van der Waals surface area contributed by atoms with Gasteiger partial charge in [-0.25, -0.2) is 0 Å². The van der Waals surface area contributed by atoms with E-state index in [1.165, 1.54) is 6.92 Å². The topological polar surface area (TPSA) is 89.5 Å². The molecule has 0 amide bonds. The first kappa shape index (κ1) is 24.1. The molecule has 0 saturated carbocycles. The summed E-state index contributed by atoms with van der Waals surface area (Å²) in [6.07, 6.45) is 0. The zero-order valence-electron chi connectivity index (χ0n) is 8.06. The average molecular weight is 246 g/mol. The minimum atomic E-state index is -4.33. The predicted octanol–water partition coefficient (Wildman–Crippen LogP) is -6.43. The fraction of sp³-hybridized carbons (Fsp3) is 0.750. The van der Waals surface area contributed by atoms with Gasteiger partial charge >= 0.3 is 65.1 Å². The zero-order valence-corrected chi connectivity index (χ0v) is 13.7. The van der Waals surface area contributed by atoms with Crippen LogP contribution >= 0.6 is 0 Å². The van der Waals surface area contributed by atoms with E-state index in [4.69, 9.17) is 13.3 Å². The number of esters is 1. The molecule has 0 unspecified atom stereocenters. The second-order valence-electron chi connectivity index (χ2n) is 1.33. The van der Waals surface area contributed by atoms with Crippen molar-refractivity contribution < 1.29 is 82.0 Å². The maximum absolute atomic E-state index is 9.82. The average Bonchev–Trinajstić information content (AvgIpc) is 1.58. The van der Waals surface area contributed by atoms with E-state index in [2.05, 4.69) is 15.9 Å². The Balaban J connectivity index is -0.0000000546. The van der Waals surface area contributed by atoms with Gasteiger partial charge in [-0.15, -0.1) is 9.05 Å². The Bertz CT molecular complexity index is 195. The van der Waals surface area contributed by atoms with Crippen LogP contribution in [0.1, 0.15) is 13.8 Å². The third-order valence-corrected chi connectivity index (χ3v) is 0.348. The maximum Gasteiger partial charge on any atom is 1.00 e. The first-order chi connectivity index (χ1) is 4.77. The Morgan fingerprint density at radius 2 is 1.69 bits per heavy atom. The van der Waals surface area contributed by atoms with Crippen LogP contribution in [0.3, 0.4) is 0 Å². The number of carbonyl (C=O) groups is 1. The molecule has 13 heavy (non-hydrogen) atoms. The molecule has 0 aliphatic carbocycles. The number of hydrogen-bond acceptors (Lipinski definition) is 6. The van der Waals surface area contributed by atoms with Crippen LogP contribution in [-0.4, -0.2) is 25.9 Å². The van der Waals surface area contributed by atoms with Crippen molar-refractivity contribution >= 4 is 26.2 Å². The van der Waals surface area contributed by atoms with Gasteiger partial charge in [0.2, 0.25) is 0 Å². The summed E-state index contributed by atoms with van der Waals surface area (Å²) in [5, 5.41) is 0. The van der Waals surface area contributed by atoms with Gasteiger partial charge < -0.3 is 13.8 Å². The molecule has 9 heteroatoms. The van der Waals surface area contributed by atoms with E-state index in [0.29, 0.717) is 6.61 Å². The van der Waals surface area contributed by atoms with E-state index in [1.54, 1.807) is 6.92 Å². The molecule has 0 radical (unpaired) electrons. The van der Waals surface area contributed by atoms with Crippen LogP contribution < -0.4 is 59.1 Å². The Hall–Kier alpha value is 1.76. The van der Waals surface area contributed by atoms with Gasteiger partial charge in [0.15, 0.2) is 0 Å². The SMILES string of the molecule is CCOC(C)=O.O=S([O-])([O-])=S.[Na+].[Na+]. The van der Waals surface area contributed by atoms with E-state index in [1.807, 2.05) is 0 Å². The van der Waals surface area contributed by atoms with Crippen molar-refractivity contribution in [3.05, 3.63) is 0 Å². The van der Waals surface area contributed by atoms with Gasteiger partial charge in [0.25, 0.3) is 0 Å². The van der Waals surface area contributed by atoms with Crippen LogP contribution in [0.4, 0.5) is 0 Å². The Morgan fingerprint density at radius 3 is 1.69 bits per heavy atom. The van der Waals surface area contributed by atoms with E-state index >= 15 is 0 Å². The quantitative estimate of drug-likeness (QED) is 0.337. The smallest absolute Gasteiger partial charge is 0.780 e. The molecule has 0 rings (SSSR count). The van der Waals surface area contributed by atoms with E-state index in [0.717, 1.165) is 0 Å². The molecular weight excluding hydrogens is 238 g/mol. The van der Waals surface area contributed by atoms with Crippen molar-refractivity contribution in [2.24, 2.45) is 0 Å². The molecule has 0 heterocycles. The summed E-state index contributed by atoms with van der Waals surface area (Å²) in [7, 11) is -4.33. The van der Waals surface area contributed by atoms with Crippen LogP contribution in [0.5, 0.6) is 0 Å². The fourth-order valence-corrected chi connectivity index (χ4v) is 0.203. The summed E-state index contributed by atoms with van der Waals surface area (Å²) in [5.74, 6) is -0.211. The maximum atomic E-state index is 9.82. The zero-order chi connectivity index (χ0) is 9.49. The summed E-state index contributed by atoms with van der Waals surface area (Å²) in [4.78, 5) is 9.82. The summed E-state index contributed by atoms with van der Waals surface area (Å²) >= 11 is 3.24. The van der Waals surface area contributed by atoms with E-state index in [-0.39, 0.29) is 65.1 Å². The molecular formula is C4H8Na2O5S2. The van der Waals surface area contributed by atoms with Crippen molar-refractivity contribution in [1.82, 2.24) is 0 Å². The van der Waals surface area contributed by atoms with Gasteiger partial charge in [-0.05, 0) is 18.1 Å². The van der Waals surface area contributed by atoms with Crippen LogP contribution in [-0.2, 0) is 29.8 Å². The Labute approximate surface area is 127 Å². The summed E-state index contributed by atoms with van der Waals surface area (Å²) in [6, 6.07) is 0. The van der Waals surface area contributed by atoms with Gasteiger partial charge in [0.1, 0.15) is 0 Å². The Kier molecular flexibility index (Phi) is 25.5. The molecule has 0 aliphatic heterocycles. The number of carbonyl (C=O) groups excluding carboxylic acids is 1. The molecule has 5 nitrogen and oxygen atoms in total. The standard InChI is InChI=1S/C4H8O2.2Na.H2O3S2/c1-3-6-4(2)5;;;1-5(2,3)4/h3H2,1-2H3;;;(H2,1,2,3,4)/q;2*+1;/p-2.